The molecule has 10 heteroatoms. The molecular formula is C29H28F3N5O2. The summed E-state index contributed by atoms with van der Waals surface area (Å²) < 4.78 is 47.2. The largest absolute Gasteiger partial charge is 0.457 e. The van der Waals surface area contributed by atoms with Crippen molar-refractivity contribution in [1.29, 1.82) is 0 Å². The van der Waals surface area contributed by atoms with E-state index < -0.39 is 17.6 Å². The molecule has 2 aromatic carbocycles. The molecule has 1 fully saturated rings. The Morgan fingerprint density at radius 1 is 1.08 bits per heavy atom. The Labute approximate surface area is 224 Å². The van der Waals surface area contributed by atoms with Crippen LogP contribution in [0.2, 0.25) is 0 Å². The molecule has 0 unspecified atom stereocenters. The highest BCUT2D eigenvalue weighted by molar-refractivity contribution is 6.02. The summed E-state index contributed by atoms with van der Waals surface area (Å²) in [5, 5.41) is 5.71. The lowest BCUT2D eigenvalue weighted by atomic mass is 10.1. The van der Waals surface area contributed by atoms with E-state index >= 15 is 0 Å². The molecule has 2 aliphatic heterocycles. The number of anilines is 1. The van der Waals surface area contributed by atoms with Crippen LogP contribution in [0, 0.1) is 0 Å². The average Bonchev–Trinajstić information content (AvgIpc) is 3.63. The molecule has 1 aromatic heterocycles. The summed E-state index contributed by atoms with van der Waals surface area (Å²) in [4.78, 5) is 23.2. The van der Waals surface area contributed by atoms with Gasteiger partial charge >= 0.3 is 6.18 Å². The van der Waals surface area contributed by atoms with Crippen LogP contribution in [-0.2, 0) is 17.5 Å². The number of amidine groups is 1. The van der Waals surface area contributed by atoms with Gasteiger partial charge in [-0.15, -0.1) is 0 Å². The number of nitrogens with one attached hydrogen (secondary N) is 2. The van der Waals surface area contributed by atoms with E-state index in [2.05, 4.69) is 20.6 Å². The predicted molar refractivity (Wildman–Crippen MR) is 144 cm³/mol. The molecule has 0 bridgehead atoms. The molecule has 3 heterocycles. The number of hydrogen-bond acceptors (Lipinski definition) is 6. The molecule has 0 spiro atoms. The third-order valence-electron chi connectivity index (χ3n) is 6.44. The highest BCUT2D eigenvalue weighted by atomic mass is 19.4. The summed E-state index contributed by atoms with van der Waals surface area (Å²) in [5.74, 6) is 1.33. The second kappa shape index (κ2) is 11.7. The minimum atomic E-state index is -4.51. The number of nitrogens with zero attached hydrogens (tertiary/aromatic N) is 3. The van der Waals surface area contributed by atoms with E-state index in [-0.39, 0.29) is 17.8 Å². The second-order valence-corrected chi connectivity index (χ2v) is 9.38. The monoisotopic (exact) mass is 535 g/mol. The molecule has 2 N–H and O–H groups in total. The first-order valence-electron chi connectivity index (χ1n) is 12.8. The summed E-state index contributed by atoms with van der Waals surface area (Å²) in [5.41, 5.74) is 0.958. The number of pyridine rings is 1. The first-order valence-corrected chi connectivity index (χ1v) is 12.8. The molecule has 0 saturated carbocycles. The molecular weight excluding hydrogens is 507 g/mol. The summed E-state index contributed by atoms with van der Waals surface area (Å²) in [6, 6.07) is 14.6. The normalized spacial score (nSPS) is 15.8. The fraction of sp³-hybridized carbons (Fsp3) is 0.276. The molecule has 2 aliphatic rings. The van der Waals surface area contributed by atoms with Gasteiger partial charge in [0, 0.05) is 37.1 Å². The van der Waals surface area contributed by atoms with Gasteiger partial charge in [0.05, 0.1) is 12.1 Å². The summed E-state index contributed by atoms with van der Waals surface area (Å²) >= 11 is 0. The van der Waals surface area contributed by atoms with Crippen LogP contribution < -0.4 is 15.4 Å². The van der Waals surface area contributed by atoms with E-state index in [0.717, 1.165) is 44.4 Å². The molecule has 0 atom stereocenters. The molecule has 202 valence electrons. The quantitative estimate of drug-likeness (QED) is 0.373. The van der Waals surface area contributed by atoms with E-state index in [9.17, 15) is 18.0 Å². The van der Waals surface area contributed by atoms with Gasteiger partial charge in [-0.1, -0.05) is 18.2 Å². The third kappa shape index (κ3) is 7.02. The van der Waals surface area contributed by atoms with Gasteiger partial charge in [0.1, 0.15) is 23.0 Å². The van der Waals surface area contributed by atoms with Crippen LogP contribution in [0.15, 0.2) is 71.9 Å². The lowest BCUT2D eigenvalue weighted by Crippen LogP contribution is -2.21. The van der Waals surface area contributed by atoms with E-state index in [4.69, 9.17) is 4.74 Å². The number of rotatable bonds is 8. The summed E-state index contributed by atoms with van der Waals surface area (Å²) in [6.07, 6.45) is 1.97. The number of likely N-dealkylation sites (tertiary alicyclic amines) is 1. The summed E-state index contributed by atoms with van der Waals surface area (Å²) in [6.45, 7) is 3.32. The van der Waals surface area contributed by atoms with Crippen LogP contribution in [0.1, 0.15) is 35.2 Å². The molecule has 0 radical (unpaired) electrons. The zero-order valence-electron chi connectivity index (χ0n) is 21.2. The van der Waals surface area contributed by atoms with Crippen LogP contribution in [0.4, 0.5) is 18.9 Å². The lowest BCUT2D eigenvalue weighted by molar-refractivity contribution is -0.138. The van der Waals surface area contributed by atoms with Gasteiger partial charge in [0.15, 0.2) is 0 Å². The summed E-state index contributed by atoms with van der Waals surface area (Å²) in [7, 11) is 0. The van der Waals surface area contributed by atoms with Crippen molar-refractivity contribution in [1.82, 2.24) is 15.2 Å². The zero-order chi connectivity index (χ0) is 27.2. The van der Waals surface area contributed by atoms with Crippen molar-refractivity contribution in [3.8, 4) is 11.5 Å². The first kappa shape index (κ1) is 26.4. The van der Waals surface area contributed by atoms with E-state index in [1.54, 1.807) is 48.7 Å². The number of ether oxygens (including phenoxy) is 1. The van der Waals surface area contributed by atoms with Gasteiger partial charge in [-0.25, -0.2) is 0 Å². The maximum atomic E-state index is 13.7. The lowest BCUT2D eigenvalue weighted by Gasteiger charge is -2.19. The molecule has 1 amide bonds. The van der Waals surface area contributed by atoms with Crippen molar-refractivity contribution in [3.63, 3.8) is 0 Å². The number of halogens is 3. The Kier molecular flexibility index (Phi) is 7.92. The van der Waals surface area contributed by atoms with Crippen LogP contribution >= 0.6 is 0 Å². The van der Waals surface area contributed by atoms with Crippen LogP contribution in [0.25, 0.3) is 6.08 Å². The maximum absolute atomic E-state index is 13.7. The zero-order valence-corrected chi connectivity index (χ0v) is 21.2. The highest BCUT2D eigenvalue weighted by Crippen LogP contribution is 2.35. The highest BCUT2D eigenvalue weighted by Gasteiger charge is 2.34. The number of carbonyl (C=O) groups excluding carboxylic acids is 1. The van der Waals surface area contributed by atoms with Crippen molar-refractivity contribution in [2.75, 3.05) is 31.5 Å². The minimum absolute atomic E-state index is 0.0917. The number of alkyl halides is 3. The second-order valence-electron chi connectivity index (χ2n) is 9.38. The fourth-order valence-electron chi connectivity index (χ4n) is 4.58. The van der Waals surface area contributed by atoms with Gasteiger partial charge < -0.3 is 15.4 Å². The van der Waals surface area contributed by atoms with E-state index in [1.165, 1.54) is 18.2 Å². The third-order valence-corrected chi connectivity index (χ3v) is 6.44. The number of benzene rings is 2. The molecule has 1 saturated heterocycles. The number of aliphatic imine (C=N–C) groups is 1. The standard InChI is InChI=1S/C29H28F3N5O2/c30-29(31,32)25-17-22(8-7-21(25)19-37-14-1-2-15-37)36-27(38)9-6-20-4-3-5-23(16-20)39-24-10-11-33-26(18-24)28-34-12-13-35-28/h3-11,16-18H,1-2,12-15,19H2,(H,34,35)(H,36,38)/b9-6+. The van der Waals surface area contributed by atoms with Gasteiger partial charge in [0.25, 0.3) is 0 Å². The van der Waals surface area contributed by atoms with Gasteiger partial charge in [0.2, 0.25) is 5.91 Å². The predicted octanol–water partition coefficient (Wildman–Crippen LogP) is 5.49. The maximum Gasteiger partial charge on any atom is 0.416 e. The Bertz CT molecular complexity index is 1400. The van der Waals surface area contributed by atoms with Crippen LogP contribution in [0.5, 0.6) is 11.5 Å². The number of hydrogen-bond donors (Lipinski definition) is 2. The van der Waals surface area contributed by atoms with Crippen LogP contribution in [-0.4, -0.2) is 47.8 Å². The van der Waals surface area contributed by atoms with Crippen molar-refractivity contribution >= 4 is 23.5 Å². The van der Waals surface area contributed by atoms with Crippen molar-refractivity contribution < 1.29 is 22.7 Å². The molecule has 5 rings (SSSR count). The average molecular weight is 536 g/mol. The Morgan fingerprint density at radius 2 is 1.90 bits per heavy atom. The van der Waals surface area contributed by atoms with Gasteiger partial charge in [-0.2, -0.15) is 13.2 Å². The smallest absolute Gasteiger partial charge is 0.416 e. The molecule has 7 nitrogen and oxygen atoms in total. The number of carbonyl (C=O) groups is 1. The van der Waals surface area contributed by atoms with Crippen molar-refractivity contribution in [2.24, 2.45) is 4.99 Å². The Morgan fingerprint density at radius 3 is 2.67 bits per heavy atom. The number of aromatic nitrogens is 1. The number of amides is 1. The Hall–Kier alpha value is -4.18. The van der Waals surface area contributed by atoms with Crippen LogP contribution in [0.3, 0.4) is 0 Å². The van der Waals surface area contributed by atoms with Gasteiger partial charge in [-0.3, -0.25) is 19.7 Å². The first-order chi connectivity index (χ1) is 18.8. The van der Waals surface area contributed by atoms with Crippen molar-refractivity contribution in [3.05, 3.63) is 89.3 Å². The fourth-order valence-corrected chi connectivity index (χ4v) is 4.58. The minimum Gasteiger partial charge on any atom is -0.457 e. The SMILES string of the molecule is O=C(/C=C/c1cccc(Oc2ccnc(C3=NCCN3)c2)c1)Nc1ccc(CN2CCCC2)c(C(F)(F)F)c1. The Balaban J connectivity index is 1.23. The molecule has 39 heavy (non-hydrogen) atoms. The van der Waals surface area contributed by atoms with Gasteiger partial charge in [-0.05, 0) is 73.5 Å². The molecule has 0 aliphatic carbocycles. The van der Waals surface area contributed by atoms with E-state index in [1.807, 2.05) is 4.90 Å². The molecule has 3 aromatic rings. The van der Waals surface area contributed by atoms with Crippen molar-refractivity contribution in [2.45, 2.75) is 25.6 Å². The van der Waals surface area contributed by atoms with E-state index in [0.29, 0.717) is 29.3 Å². The topological polar surface area (TPSA) is 78.8 Å².